The summed E-state index contributed by atoms with van der Waals surface area (Å²) in [7, 11) is 0. The second kappa shape index (κ2) is 4.75. The zero-order valence-electron chi connectivity index (χ0n) is 9.72. The molecule has 1 aromatic rings. The van der Waals surface area contributed by atoms with Gasteiger partial charge in [0.05, 0.1) is 0 Å². The highest BCUT2D eigenvalue weighted by molar-refractivity contribution is 6.30. The van der Waals surface area contributed by atoms with E-state index in [1.54, 1.807) is 12.1 Å². The van der Waals surface area contributed by atoms with Crippen molar-refractivity contribution in [3.8, 4) is 0 Å². The van der Waals surface area contributed by atoms with Gasteiger partial charge in [-0.15, -0.1) is 0 Å². The van der Waals surface area contributed by atoms with E-state index in [-0.39, 0.29) is 17.6 Å². The highest BCUT2D eigenvalue weighted by atomic mass is 35.5. The molecule has 1 unspecified atom stereocenters. The molecule has 2 rings (SSSR count). The number of hydrogen-bond donors (Lipinski definition) is 1. The molecule has 0 aliphatic carbocycles. The van der Waals surface area contributed by atoms with Gasteiger partial charge < -0.3 is 5.32 Å². The minimum Gasteiger partial charge on any atom is -0.316 e. The molecule has 17 heavy (non-hydrogen) atoms. The monoisotopic (exact) mass is 255 g/mol. The van der Waals surface area contributed by atoms with Crippen LogP contribution < -0.4 is 5.32 Å². The van der Waals surface area contributed by atoms with E-state index in [4.69, 9.17) is 11.6 Å². The standard InChI is InChI=1S/C13H15ClFNO/c1-13(4-5-16-8-13)12(17)6-9-2-3-10(14)7-11(9)15/h2-3,7,16H,4-6,8H2,1H3. The summed E-state index contributed by atoms with van der Waals surface area (Å²) in [6.07, 6.45) is 0.961. The van der Waals surface area contributed by atoms with Crippen molar-refractivity contribution in [2.24, 2.45) is 5.41 Å². The number of Topliss-reactive ketones (excluding diaryl/α,β-unsaturated/α-hetero) is 1. The van der Waals surface area contributed by atoms with Gasteiger partial charge in [-0.25, -0.2) is 4.39 Å². The second-order valence-corrected chi connectivity index (χ2v) is 5.26. The van der Waals surface area contributed by atoms with Gasteiger partial charge >= 0.3 is 0 Å². The maximum atomic E-state index is 13.6. The minimum absolute atomic E-state index is 0.0868. The van der Waals surface area contributed by atoms with Crippen molar-refractivity contribution in [1.82, 2.24) is 5.32 Å². The molecule has 92 valence electrons. The summed E-state index contributed by atoms with van der Waals surface area (Å²) in [5.74, 6) is -0.316. The van der Waals surface area contributed by atoms with E-state index >= 15 is 0 Å². The number of carbonyl (C=O) groups is 1. The first-order chi connectivity index (χ1) is 8.01. The summed E-state index contributed by atoms with van der Waals surface area (Å²) in [6.45, 7) is 3.47. The highest BCUT2D eigenvalue weighted by Gasteiger charge is 2.35. The molecule has 1 aromatic carbocycles. The molecule has 1 aliphatic heterocycles. The van der Waals surface area contributed by atoms with Crippen molar-refractivity contribution < 1.29 is 9.18 Å². The number of hydrogen-bond acceptors (Lipinski definition) is 2. The van der Waals surface area contributed by atoms with Gasteiger partial charge in [0, 0.05) is 23.4 Å². The van der Waals surface area contributed by atoms with Crippen molar-refractivity contribution in [3.63, 3.8) is 0 Å². The average molecular weight is 256 g/mol. The minimum atomic E-state index is -0.402. The van der Waals surface area contributed by atoms with Gasteiger partial charge in [-0.3, -0.25) is 4.79 Å². The number of halogens is 2. The van der Waals surface area contributed by atoms with Crippen LogP contribution in [0.3, 0.4) is 0 Å². The SMILES string of the molecule is CC1(C(=O)Cc2ccc(Cl)cc2F)CCNC1. The fraction of sp³-hybridized carbons (Fsp3) is 0.462. The van der Waals surface area contributed by atoms with Crippen LogP contribution in [0, 0.1) is 11.2 Å². The van der Waals surface area contributed by atoms with Crippen LogP contribution in [0.1, 0.15) is 18.9 Å². The molecule has 1 heterocycles. The third kappa shape index (κ3) is 2.67. The molecule has 1 fully saturated rings. The lowest BCUT2D eigenvalue weighted by Gasteiger charge is -2.20. The third-order valence-electron chi connectivity index (χ3n) is 3.41. The Bertz CT molecular complexity index is 441. The molecule has 4 heteroatoms. The van der Waals surface area contributed by atoms with Crippen LogP contribution in [0.4, 0.5) is 4.39 Å². The molecule has 0 amide bonds. The quantitative estimate of drug-likeness (QED) is 0.900. The molecule has 0 bridgehead atoms. The van der Waals surface area contributed by atoms with E-state index in [1.807, 2.05) is 6.92 Å². The van der Waals surface area contributed by atoms with Gasteiger partial charge in [0.15, 0.2) is 0 Å². The van der Waals surface area contributed by atoms with E-state index < -0.39 is 5.82 Å². The van der Waals surface area contributed by atoms with Gasteiger partial charge in [0.25, 0.3) is 0 Å². The Morgan fingerprint density at radius 2 is 2.35 bits per heavy atom. The predicted molar refractivity (Wildman–Crippen MR) is 65.7 cm³/mol. The normalized spacial score (nSPS) is 23.9. The zero-order chi connectivity index (χ0) is 12.5. The number of carbonyl (C=O) groups excluding carboxylic acids is 1. The Morgan fingerprint density at radius 1 is 1.59 bits per heavy atom. The molecule has 1 saturated heterocycles. The molecule has 1 N–H and O–H groups in total. The van der Waals surface area contributed by atoms with Gasteiger partial charge in [-0.2, -0.15) is 0 Å². The lowest BCUT2D eigenvalue weighted by Crippen LogP contribution is -2.31. The lowest BCUT2D eigenvalue weighted by atomic mass is 9.82. The summed E-state index contributed by atoms with van der Waals surface area (Å²) < 4.78 is 13.6. The number of benzene rings is 1. The summed E-state index contributed by atoms with van der Waals surface area (Å²) in [6, 6.07) is 4.45. The fourth-order valence-corrected chi connectivity index (χ4v) is 2.27. The number of ketones is 1. The van der Waals surface area contributed by atoms with Crippen molar-refractivity contribution >= 4 is 17.4 Å². The first-order valence-corrected chi connectivity index (χ1v) is 6.07. The topological polar surface area (TPSA) is 29.1 Å². The van der Waals surface area contributed by atoms with Crippen LogP contribution in [-0.2, 0) is 11.2 Å². The Balaban J connectivity index is 2.13. The van der Waals surface area contributed by atoms with E-state index in [0.29, 0.717) is 17.1 Å². The fourth-order valence-electron chi connectivity index (χ4n) is 2.11. The van der Waals surface area contributed by atoms with Gasteiger partial charge in [-0.1, -0.05) is 24.6 Å². The zero-order valence-corrected chi connectivity index (χ0v) is 10.5. The third-order valence-corrected chi connectivity index (χ3v) is 3.64. The van der Waals surface area contributed by atoms with Gasteiger partial charge in [0.1, 0.15) is 11.6 Å². The summed E-state index contributed by atoms with van der Waals surface area (Å²) in [5.41, 5.74) is 0.0686. The first kappa shape index (κ1) is 12.5. The Morgan fingerprint density at radius 3 is 2.94 bits per heavy atom. The molecule has 2 nitrogen and oxygen atoms in total. The molecule has 0 aromatic heterocycles. The maximum absolute atomic E-state index is 13.6. The van der Waals surface area contributed by atoms with Gasteiger partial charge in [-0.05, 0) is 30.7 Å². The summed E-state index contributed by atoms with van der Waals surface area (Å²) in [4.78, 5) is 12.1. The van der Waals surface area contributed by atoms with Crippen LogP contribution in [0.5, 0.6) is 0 Å². The van der Waals surface area contributed by atoms with Crippen LogP contribution >= 0.6 is 11.6 Å². The van der Waals surface area contributed by atoms with E-state index in [2.05, 4.69) is 5.32 Å². The summed E-state index contributed by atoms with van der Waals surface area (Å²) >= 11 is 5.67. The van der Waals surface area contributed by atoms with Crippen molar-refractivity contribution in [2.75, 3.05) is 13.1 Å². The van der Waals surface area contributed by atoms with Crippen LogP contribution in [0.15, 0.2) is 18.2 Å². The molecule has 0 spiro atoms. The molecule has 1 aliphatic rings. The lowest BCUT2D eigenvalue weighted by molar-refractivity contribution is -0.126. The Kier molecular flexibility index (Phi) is 3.50. The Hall–Kier alpha value is -0.930. The number of rotatable bonds is 3. The maximum Gasteiger partial charge on any atom is 0.144 e. The molecule has 1 atom stereocenters. The summed E-state index contributed by atoms with van der Waals surface area (Å²) in [5, 5.41) is 3.52. The van der Waals surface area contributed by atoms with E-state index in [1.165, 1.54) is 6.07 Å². The van der Waals surface area contributed by atoms with Crippen LogP contribution in [0.2, 0.25) is 5.02 Å². The van der Waals surface area contributed by atoms with Crippen LogP contribution in [0.25, 0.3) is 0 Å². The Labute approximate surface area is 105 Å². The van der Waals surface area contributed by atoms with E-state index in [0.717, 1.165) is 13.0 Å². The van der Waals surface area contributed by atoms with Crippen molar-refractivity contribution in [3.05, 3.63) is 34.6 Å². The smallest absolute Gasteiger partial charge is 0.144 e. The largest absolute Gasteiger partial charge is 0.316 e. The van der Waals surface area contributed by atoms with Crippen molar-refractivity contribution in [2.45, 2.75) is 19.8 Å². The highest BCUT2D eigenvalue weighted by Crippen LogP contribution is 2.28. The van der Waals surface area contributed by atoms with Crippen molar-refractivity contribution in [1.29, 1.82) is 0 Å². The molecular weight excluding hydrogens is 241 g/mol. The van der Waals surface area contributed by atoms with E-state index in [9.17, 15) is 9.18 Å². The van der Waals surface area contributed by atoms with Gasteiger partial charge in [0.2, 0.25) is 0 Å². The predicted octanol–water partition coefficient (Wildman–Crippen LogP) is 2.59. The average Bonchev–Trinajstić information content (AvgIpc) is 2.71. The molecule has 0 radical (unpaired) electrons. The molecular formula is C13H15ClFNO. The second-order valence-electron chi connectivity index (χ2n) is 4.82. The van der Waals surface area contributed by atoms with Crippen LogP contribution in [-0.4, -0.2) is 18.9 Å². The molecule has 0 saturated carbocycles. The first-order valence-electron chi connectivity index (χ1n) is 5.69. The number of nitrogens with one attached hydrogen (secondary N) is 1.